The van der Waals surface area contributed by atoms with Crippen LogP contribution in [0.1, 0.15) is 59.2 Å². The number of benzene rings is 2. The first-order valence-electron chi connectivity index (χ1n) is 11.0. The number of carboxylic acids is 1. The van der Waals surface area contributed by atoms with Crippen LogP contribution in [0, 0.1) is 0 Å². The Morgan fingerprint density at radius 1 is 0.971 bits per heavy atom. The number of carbonyl (C=O) groups excluding carboxylic acids is 1. The summed E-state index contributed by atoms with van der Waals surface area (Å²) in [6.07, 6.45) is -2.71. The molecule has 1 aromatic heterocycles. The molecule has 0 saturated heterocycles. The second kappa shape index (κ2) is 10.6. The normalized spacial score (nSPS) is 11.6. The fourth-order valence-corrected chi connectivity index (χ4v) is 4.02. The molecule has 1 heterocycles. The van der Waals surface area contributed by atoms with Crippen molar-refractivity contribution in [3.05, 3.63) is 88.7 Å². The molecule has 2 N–H and O–H groups in total. The van der Waals surface area contributed by atoms with Gasteiger partial charge in [0.05, 0.1) is 17.7 Å². The highest BCUT2D eigenvalue weighted by Crippen LogP contribution is 2.36. The number of amides is 1. The Balaban J connectivity index is 1.83. The minimum Gasteiger partial charge on any atom is -0.481 e. The molecular weight excluding hydrogens is 445 g/mol. The Morgan fingerprint density at radius 3 is 2.29 bits per heavy atom. The number of aliphatic carboxylic acids is 1. The van der Waals surface area contributed by atoms with E-state index in [2.05, 4.69) is 17.4 Å². The molecule has 0 atom stereocenters. The number of alkyl halides is 3. The van der Waals surface area contributed by atoms with E-state index in [1.165, 1.54) is 5.56 Å². The van der Waals surface area contributed by atoms with E-state index in [1.807, 2.05) is 42.7 Å². The van der Waals surface area contributed by atoms with E-state index in [4.69, 9.17) is 5.11 Å². The Labute approximate surface area is 196 Å². The van der Waals surface area contributed by atoms with E-state index < -0.39 is 35.7 Å². The summed E-state index contributed by atoms with van der Waals surface area (Å²) in [6, 6.07) is 16.4. The van der Waals surface area contributed by atoms with E-state index in [-0.39, 0.29) is 17.3 Å². The highest BCUT2D eigenvalue weighted by molar-refractivity contribution is 6.04. The fourth-order valence-electron chi connectivity index (χ4n) is 4.02. The van der Waals surface area contributed by atoms with Crippen LogP contribution in [0.25, 0.3) is 0 Å². The highest BCUT2D eigenvalue weighted by Gasteiger charge is 2.34. The van der Waals surface area contributed by atoms with Gasteiger partial charge in [0.15, 0.2) is 0 Å². The number of halogens is 3. The largest absolute Gasteiger partial charge is 0.481 e. The molecule has 3 rings (SSSR count). The summed E-state index contributed by atoms with van der Waals surface area (Å²) in [6.45, 7) is 3.82. The Kier molecular flexibility index (Phi) is 7.81. The molecule has 34 heavy (non-hydrogen) atoms. The third-order valence-corrected chi connectivity index (χ3v) is 5.49. The quantitative estimate of drug-likeness (QED) is 0.393. The van der Waals surface area contributed by atoms with Crippen molar-refractivity contribution in [3.8, 4) is 0 Å². The van der Waals surface area contributed by atoms with Gasteiger partial charge in [-0.25, -0.2) is 0 Å². The molecule has 0 aliphatic carbocycles. The van der Waals surface area contributed by atoms with Gasteiger partial charge in [0.1, 0.15) is 5.69 Å². The van der Waals surface area contributed by atoms with Crippen LogP contribution >= 0.6 is 0 Å². The van der Waals surface area contributed by atoms with Gasteiger partial charge in [-0.2, -0.15) is 13.2 Å². The van der Waals surface area contributed by atoms with Crippen LogP contribution in [0.5, 0.6) is 0 Å². The van der Waals surface area contributed by atoms with Gasteiger partial charge in [0.25, 0.3) is 5.91 Å². The third kappa shape index (κ3) is 6.27. The van der Waals surface area contributed by atoms with Crippen molar-refractivity contribution in [2.45, 2.75) is 51.7 Å². The Hall–Kier alpha value is -3.55. The molecule has 0 spiro atoms. The first kappa shape index (κ1) is 25.1. The van der Waals surface area contributed by atoms with Crippen molar-refractivity contribution >= 4 is 17.6 Å². The summed E-state index contributed by atoms with van der Waals surface area (Å²) in [5.41, 5.74) is 1.06. The van der Waals surface area contributed by atoms with Crippen molar-refractivity contribution in [2.75, 3.05) is 5.32 Å². The van der Waals surface area contributed by atoms with Gasteiger partial charge in [0, 0.05) is 11.7 Å². The first-order chi connectivity index (χ1) is 16.1. The van der Waals surface area contributed by atoms with Crippen LogP contribution in [0.4, 0.5) is 18.9 Å². The molecule has 0 bridgehead atoms. The SMILES string of the molecule is CC(C)n1c(CCCc2ccccc2)ccc1C(=O)Nc1cc(CC(=O)O)ccc1C(F)(F)F. The smallest absolute Gasteiger partial charge is 0.418 e. The molecule has 0 unspecified atom stereocenters. The van der Waals surface area contributed by atoms with E-state index in [0.29, 0.717) is 6.42 Å². The number of nitrogens with one attached hydrogen (secondary N) is 1. The summed E-state index contributed by atoms with van der Waals surface area (Å²) < 4.78 is 42.4. The van der Waals surface area contributed by atoms with E-state index in [1.54, 1.807) is 6.07 Å². The van der Waals surface area contributed by atoms with Crippen LogP contribution in [0.3, 0.4) is 0 Å². The highest BCUT2D eigenvalue weighted by atomic mass is 19.4. The monoisotopic (exact) mass is 472 g/mol. The van der Waals surface area contributed by atoms with Crippen LogP contribution in [0.2, 0.25) is 0 Å². The Morgan fingerprint density at radius 2 is 1.68 bits per heavy atom. The average Bonchev–Trinajstić information content (AvgIpc) is 3.18. The zero-order valence-corrected chi connectivity index (χ0v) is 19.0. The van der Waals surface area contributed by atoms with Crippen LogP contribution in [-0.2, 0) is 30.2 Å². The fraction of sp³-hybridized carbons (Fsp3) is 0.308. The maximum Gasteiger partial charge on any atom is 0.418 e. The second-order valence-corrected chi connectivity index (χ2v) is 8.42. The van der Waals surface area contributed by atoms with Crippen molar-refractivity contribution < 1.29 is 27.9 Å². The van der Waals surface area contributed by atoms with Gasteiger partial charge < -0.3 is 15.0 Å². The molecular formula is C26H27F3N2O3. The van der Waals surface area contributed by atoms with Crippen LogP contribution in [0.15, 0.2) is 60.7 Å². The standard InChI is InChI=1S/C26H27F3N2O3/c1-17(2)31-20(10-6-9-18-7-4-3-5-8-18)12-14-23(31)25(34)30-22-15-19(16-24(32)33)11-13-21(22)26(27,28)29/h3-5,7-8,11-15,17H,6,9-10,16H2,1-2H3,(H,30,34)(H,32,33). The van der Waals surface area contributed by atoms with Gasteiger partial charge in [-0.05, 0) is 68.5 Å². The average molecular weight is 473 g/mol. The maximum absolute atomic E-state index is 13.5. The van der Waals surface area contributed by atoms with Crippen molar-refractivity contribution in [1.82, 2.24) is 4.57 Å². The number of rotatable bonds is 9. The molecule has 1 amide bonds. The maximum atomic E-state index is 13.5. The second-order valence-electron chi connectivity index (χ2n) is 8.42. The molecule has 3 aromatic rings. The topological polar surface area (TPSA) is 71.3 Å². The lowest BCUT2D eigenvalue weighted by Crippen LogP contribution is -2.21. The molecule has 0 aliphatic rings. The molecule has 0 aliphatic heterocycles. The number of carboxylic acid groups (broad SMARTS) is 1. The predicted molar refractivity (Wildman–Crippen MR) is 124 cm³/mol. The number of anilines is 1. The summed E-state index contributed by atoms with van der Waals surface area (Å²) >= 11 is 0. The molecule has 0 fully saturated rings. The predicted octanol–water partition coefficient (Wildman–Crippen LogP) is 6.14. The van der Waals surface area contributed by atoms with Gasteiger partial charge >= 0.3 is 12.1 Å². The lowest BCUT2D eigenvalue weighted by atomic mass is 10.1. The molecule has 2 aromatic carbocycles. The first-order valence-corrected chi connectivity index (χ1v) is 11.0. The number of nitrogens with zero attached hydrogens (tertiary/aromatic N) is 1. The molecule has 0 radical (unpaired) electrons. The number of carbonyl (C=O) groups is 2. The zero-order chi connectivity index (χ0) is 24.9. The van der Waals surface area contributed by atoms with Gasteiger partial charge in [-0.1, -0.05) is 36.4 Å². The van der Waals surface area contributed by atoms with Gasteiger partial charge in [-0.3, -0.25) is 9.59 Å². The molecule has 0 saturated carbocycles. The van der Waals surface area contributed by atoms with E-state index in [9.17, 15) is 22.8 Å². The molecule has 5 nitrogen and oxygen atoms in total. The summed E-state index contributed by atoms with van der Waals surface area (Å²) in [4.78, 5) is 24.0. The van der Waals surface area contributed by atoms with E-state index >= 15 is 0 Å². The van der Waals surface area contributed by atoms with Crippen molar-refractivity contribution in [1.29, 1.82) is 0 Å². The lowest BCUT2D eigenvalue weighted by Gasteiger charge is -2.19. The number of aryl methyl sites for hydroxylation is 2. The Bertz CT molecular complexity index is 1150. The van der Waals surface area contributed by atoms with Crippen LogP contribution in [-0.4, -0.2) is 21.6 Å². The minimum atomic E-state index is -4.70. The molecule has 180 valence electrons. The van der Waals surface area contributed by atoms with E-state index in [0.717, 1.165) is 36.7 Å². The summed E-state index contributed by atoms with van der Waals surface area (Å²) in [5.74, 6) is -1.85. The number of hydrogen-bond donors (Lipinski definition) is 2. The van der Waals surface area contributed by atoms with Gasteiger partial charge in [0.2, 0.25) is 0 Å². The van der Waals surface area contributed by atoms with Crippen LogP contribution < -0.4 is 5.32 Å². The van der Waals surface area contributed by atoms with Crippen molar-refractivity contribution in [3.63, 3.8) is 0 Å². The minimum absolute atomic E-state index is 0.0806. The molecule has 8 heteroatoms. The number of hydrogen-bond acceptors (Lipinski definition) is 2. The summed E-state index contributed by atoms with van der Waals surface area (Å²) in [5, 5.41) is 11.3. The van der Waals surface area contributed by atoms with Crippen molar-refractivity contribution in [2.24, 2.45) is 0 Å². The van der Waals surface area contributed by atoms with Gasteiger partial charge in [-0.15, -0.1) is 0 Å². The number of aromatic nitrogens is 1. The zero-order valence-electron chi connectivity index (χ0n) is 19.0. The summed E-state index contributed by atoms with van der Waals surface area (Å²) in [7, 11) is 0. The third-order valence-electron chi connectivity index (χ3n) is 5.49. The lowest BCUT2D eigenvalue weighted by molar-refractivity contribution is -0.137.